The minimum atomic E-state index is -1.15. The number of para-hydroxylation sites is 2. The van der Waals surface area contributed by atoms with Gasteiger partial charge in [-0.1, -0.05) is 35.3 Å². The van der Waals surface area contributed by atoms with Crippen LogP contribution in [0.25, 0.3) is 0 Å². The molecule has 132 valence electrons. The Morgan fingerprint density at radius 3 is 2.52 bits per heavy atom. The van der Waals surface area contributed by atoms with E-state index in [1.165, 1.54) is 14.0 Å². The number of benzene rings is 2. The zero-order valence-corrected chi connectivity index (χ0v) is 14.8. The van der Waals surface area contributed by atoms with Crippen molar-refractivity contribution in [3.05, 3.63) is 57.8 Å². The van der Waals surface area contributed by atoms with Crippen LogP contribution in [0.2, 0.25) is 10.0 Å². The van der Waals surface area contributed by atoms with Gasteiger partial charge in [-0.05, 0) is 31.2 Å². The predicted octanol–water partition coefficient (Wildman–Crippen LogP) is 4.33. The average Bonchev–Trinajstić information content (AvgIpc) is 2.58. The van der Waals surface area contributed by atoms with E-state index in [9.17, 15) is 14.0 Å². The van der Waals surface area contributed by atoms with Gasteiger partial charge in [-0.25, -0.2) is 9.18 Å². The fourth-order valence-electron chi connectivity index (χ4n) is 1.94. The van der Waals surface area contributed by atoms with Gasteiger partial charge in [0.05, 0.1) is 28.4 Å². The molecule has 25 heavy (non-hydrogen) atoms. The minimum Gasteiger partial charge on any atom is -0.495 e. The van der Waals surface area contributed by atoms with Gasteiger partial charge in [-0.2, -0.15) is 0 Å². The lowest BCUT2D eigenvalue weighted by Crippen LogP contribution is -2.30. The SMILES string of the molecule is COc1ccccc1NC(=O)[C@@H](C)OC(=O)c1cc(F)c(Cl)cc1Cl. The number of ether oxygens (including phenoxy) is 2. The van der Waals surface area contributed by atoms with E-state index in [2.05, 4.69) is 5.32 Å². The van der Waals surface area contributed by atoms with Gasteiger partial charge >= 0.3 is 5.97 Å². The van der Waals surface area contributed by atoms with Crippen molar-refractivity contribution in [2.24, 2.45) is 0 Å². The summed E-state index contributed by atoms with van der Waals surface area (Å²) in [5.74, 6) is -1.88. The Bertz CT molecular complexity index is 813. The zero-order chi connectivity index (χ0) is 18.6. The quantitative estimate of drug-likeness (QED) is 0.614. The Morgan fingerprint density at radius 2 is 1.84 bits per heavy atom. The van der Waals surface area contributed by atoms with Crippen molar-refractivity contribution in [2.75, 3.05) is 12.4 Å². The molecule has 0 aliphatic rings. The number of carbonyl (C=O) groups excluding carboxylic acids is 2. The summed E-state index contributed by atoms with van der Waals surface area (Å²) in [6.45, 7) is 1.38. The molecule has 0 bridgehead atoms. The maximum Gasteiger partial charge on any atom is 0.340 e. The summed E-state index contributed by atoms with van der Waals surface area (Å²) in [4.78, 5) is 24.3. The van der Waals surface area contributed by atoms with Crippen molar-refractivity contribution in [1.29, 1.82) is 0 Å². The Morgan fingerprint density at radius 1 is 1.16 bits per heavy atom. The van der Waals surface area contributed by atoms with Crippen molar-refractivity contribution in [2.45, 2.75) is 13.0 Å². The van der Waals surface area contributed by atoms with Crippen LogP contribution < -0.4 is 10.1 Å². The van der Waals surface area contributed by atoms with Crippen LogP contribution in [0, 0.1) is 5.82 Å². The Hall–Kier alpha value is -2.31. The maximum atomic E-state index is 13.5. The van der Waals surface area contributed by atoms with Gasteiger partial charge in [0, 0.05) is 0 Å². The molecule has 0 aromatic heterocycles. The second-order valence-corrected chi connectivity index (χ2v) is 5.80. The van der Waals surface area contributed by atoms with Crippen LogP contribution in [0.15, 0.2) is 36.4 Å². The van der Waals surface area contributed by atoms with Crippen LogP contribution >= 0.6 is 23.2 Å². The van der Waals surface area contributed by atoms with E-state index >= 15 is 0 Å². The second-order valence-electron chi connectivity index (χ2n) is 4.98. The fourth-order valence-corrected chi connectivity index (χ4v) is 2.40. The monoisotopic (exact) mass is 385 g/mol. The van der Waals surface area contributed by atoms with Crippen molar-refractivity contribution in [1.82, 2.24) is 0 Å². The first kappa shape index (κ1) is 19.0. The summed E-state index contributed by atoms with van der Waals surface area (Å²) in [5.41, 5.74) is 0.203. The normalized spacial score (nSPS) is 11.6. The third kappa shape index (κ3) is 4.61. The predicted molar refractivity (Wildman–Crippen MR) is 92.9 cm³/mol. The minimum absolute atomic E-state index is 0.0752. The van der Waals surface area contributed by atoms with Gasteiger partial charge < -0.3 is 14.8 Å². The molecule has 2 aromatic carbocycles. The fraction of sp³-hybridized carbons (Fsp3) is 0.176. The maximum absolute atomic E-state index is 13.5. The molecule has 0 saturated heterocycles. The van der Waals surface area contributed by atoms with E-state index < -0.39 is 23.8 Å². The van der Waals surface area contributed by atoms with Crippen LogP contribution in [0.3, 0.4) is 0 Å². The summed E-state index contributed by atoms with van der Waals surface area (Å²) in [5, 5.41) is 2.29. The van der Waals surface area contributed by atoms with Crippen molar-refractivity contribution >= 4 is 40.8 Å². The summed E-state index contributed by atoms with van der Waals surface area (Å²) >= 11 is 11.4. The van der Waals surface area contributed by atoms with Crippen molar-refractivity contribution < 1.29 is 23.5 Å². The number of methoxy groups -OCH3 is 1. The average molecular weight is 386 g/mol. The molecule has 1 amide bonds. The molecule has 0 fully saturated rings. The van der Waals surface area contributed by atoms with Gasteiger partial charge in [0.15, 0.2) is 6.10 Å². The van der Waals surface area contributed by atoms with E-state index in [0.717, 1.165) is 12.1 Å². The first-order chi connectivity index (χ1) is 11.8. The molecule has 1 atom stereocenters. The van der Waals surface area contributed by atoms with Gasteiger partial charge in [-0.3, -0.25) is 4.79 Å². The first-order valence-electron chi connectivity index (χ1n) is 7.13. The van der Waals surface area contributed by atoms with Gasteiger partial charge in [-0.15, -0.1) is 0 Å². The van der Waals surface area contributed by atoms with Crippen LogP contribution in [0.5, 0.6) is 5.75 Å². The number of nitrogens with one attached hydrogen (secondary N) is 1. The molecule has 0 radical (unpaired) electrons. The number of halogens is 3. The summed E-state index contributed by atoms with van der Waals surface area (Å²) in [6.07, 6.45) is -1.15. The molecular formula is C17H14Cl2FNO4. The Balaban J connectivity index is 2.08. The van der Waals surface area contributed by atoms with Crippen molar-refractivity contribution in [3.63, 3.8) is 0 Å². The Kier molecular flexibility index (Phi) is 6.22. The van der Waals surface area contributed by atoms with E-state index in [0.29, 0.717) is 11.4 Å². The number of esters is 1. The molecule has 5 nitrogen and oxygen atoms in total. The lowest BCUT2D eigenvalue weighted by molar-refractivity contribution is -0.123. The highest BCUT2D eigenvalue weighted by Gasteiger charge is 2.22. The molecular weight excluding hydrogens is 372 g/mol. The molecule has 8 heteroatoms. The van der Waals surface area contributed by atoms with E-state index in [-0.39, 0.29) is 15.6 Å². The topological polar surface area (TPSA) is 64.6 Å². The van der Waals surface area contributed by atoms with E-state index in [1.54, 1.807) is 24.3 Å². The van der Waals surface area contributed by atoms with Crippen molar-refractivity contribution in [3.8, 4) is 5.75 Å². The van der Waals surface area contributed by atoms with Gasteiger partial charge in [0.2, 0.25) is 0 Å². The van der Waals surface area contributed by atoms with Gasteiger partial charge in [0.25, 0.3) is 5.91 Å². The molecule has 2 aromatic rings. The standard InChI is InChI=1S/C17H14Cl2FNO4/c1-9(16(22)21-14-5-3-4-6-15(14)24-2)25-17(23)10-7-13(20)12(19)8-11(10)18/h3-9H,1-2H3,(H,21,22)/t9-/m1/s1. The van der Waals surface area contributed by atoms with Crippen LogP contribution in [0.4, 0.5) is 10.1 Å². The number of anilines is 1. The Labute approximate surface area is 153 Å². The number of hydrogen-bond acceptors (Lipinski definition) is 4. The lowest BCUT2D eigenvalue weighted by atomic mass is 10.2. The second kappa shape index (κ2) is 8.18. The largest absolute Gasteiger partial charge is 0.495 e. The summed E-state index contributed by atoms with van der Waals surface area (Å²) in [6, 6.07) is 8.71. The first-order valence-corrected chi connectivity index (χ1v) is 7.88. The molecule has 1 N–H and O–H groups in total. The molecule has 2 rings (SSSR count). The molecule has 0 aliphatic carbocycles. The molecule has 0 aliphatic heterocycles. The van der Waals surface area contributed by atoms with E-state index in [1.807, 2.05) is 0 Å². The number of rotatable bonds is 5. The van der Waals surface area contributed by atoms with E-state index in [4.69, 9.17) is 32.7 Å². The number of carbonyl (C=O) groups is 2. The zero-order valence-electron chi connectivity index (χ0n) is 13.3. The van der Waals surface area contributed by atoms with Crippen LogP contribution in [-0.2, 0) is 9.53 Å². The highest BCUT2D eigenvalue weighted by atomic mass is 35.5. The molecule has 0 spiro atoms. The number of hydrogen-bond donors (Lipinski definition) is 1. The lowest BCUT2D eigenvalue weighted by Gasteiger charge is -2.15. The highest BCUT2D eigenvalue weighted by molar-refractivity contribution is 6.36. The molecule has 0 heterocycles. The molecule has 0 unspecified atom stereocenters. The third-order valence-corrected chi connectivity index (χ3v) is 3.85. The third-order valence-electron chi connectivity index (χ3n) is 3.25. The molecule has 0 saturated carbocycles. The van der Waals surface area contributed by atoms with Gasteiger partial charge in [0.1, 0.15) is 11.6 Å². The van der Waals surface area contributed by atoms with Crippen LogP contribution in [-0.4, -0.2) is 25.1 Å². The van der Waals surface area contributed by atoms with Crippen LogP contribution in [0.1, 0.15) is 17.3 Å². The number of amides is 1. The summed E-state index contributed by atoms with van der Waals surface area (Å²) < 4.78 is 23.7. The highest BCUT2D eigenvalue weighted by Crippen LogP contribution is 2.26. The summed E-state index contributed by atoms with van der Waals surface area (Å²) in [7, 11) is 1.46. The smallest absolute Gasteiger partial charge is 0.340 e.